The Morgan fingerprint density at radius 2 is 2.32 bits per heavy atom. The van der Waals surface area contributed by atoms with Crippen molar-refractivity contribution in [2.75, 3.05) is 6.54 Å². The Balaban J connectivity index is 1.89. The van der Waals surface area contributed by atoms with Gasteiger partial charge in [0.1, 0.15) is 11.3 Å². The van der Waals surface area contributed by atoms with E-state index in [1.807, 2.05) is 6.92 Å². The summed E-state index contributed by atoms with van der Waals surface area (Å²) < 4.78 is 18.8. The molecule has 0 spiro atoms. The highest BCUT2D eigenvalue weighted by molar-refractivity contribution is 5.72. The summed E-state index contributed by atoms with van der Waals surface area (Å²) in [6.45, 7) is 2.64. The average molecular weight is 262 g/mol. The van der Waals surface area contributed by atoms with Crippen LogP contribution in [0.2, 0.25) is 0 Å². The molecule has 0 saturated carbocycles. The van der Waals surface area contributed by atoms with Gasteiger partial charge in [-0.1, -0.05) is 0 Å². The van der Waals surface area contributed by atoms with Crippen molar-refractivity contribution in [2.45, 2.75) is 31.7 Å². The van der Waals surface area contributed by atoms with Crippen LogP contribution in [0.3, 0.4) is 0 Å². The van der Waals surface area contributed by atoms with Gasteiger partial charge in [0, 0.05) is 18.7 Å². The number of benzene rings is 1. The van der Waals surface area contributed by atoms with E-state index in [4.69, 9.17) is 4.42 Å². The minimum atomic E-state index is -0.320. The molecule has 0 aliphatic carbocycles. The van der Waals surface area contributed by atoms with Gasteiger partial charge in [-0.25, -0.2) is 9.37 Å². The third-order valence-electron chi connectivity index (χ3n) is 3.78. The van der Waals surface area contributed by atoms with Gasteiger partial charge in [-0.15, -0.1) is 0 Å². The quantitative estimate of drug-likeness (QED) is 0.782. The lowest BCUT2D eigenvalue weighted by atomic mass is 9.94. The number of amides is 1. The fraction of sp³-hybridized carbons (Fsp3) is 0.429. The zero-order chi connectivity index (χ0) is 13.4. The molecule has 1 saturated heterocycles. The van der Waals surface area contributed by atoms with Gasteiger partial charge in [0.2, 0.25) is 6.41 Å². The van der Waals surface area contributed by atoms with Gasteiger partial charge < -0.3 is 9.32 Å². The average Bonchev–Trinajstić information content (AvgIpc) is 2.82. The largest absolute Gasteiger partial charge is 0.440 e. The summed E-state index contributed by atoms with van der Waals surface area (Å²) in [7, 11) is 0. The molecular formula is C14H15FN2O2. The van der Waals surface area contributed by atoms with Gasteiger partial charge in [0.25, 0.3) is 0 Å². The fourth-order valence-corrected chi connectivity index (χ4v) is 2.58. The standard InChI is InChI=1S/C14H15FN2O2/c1-9-2-3-10(7-17(9)8-18)14-16-12-6-11(15)4-5-13(12)19-14/h4-6,8-10H,2-3,7H2,1H3/t9-,10-/m1/s1. The van der Waals surface area contributed by atoms with Crippen LogP contribution in [-0.4, -0.2) is 28.9 Å². The van der Waals surface area contributed by atoms with Crippen LogP contribution in [0.1, 0.15) is 31.6 Å². The number of hydrogen-bond donors (Lipinski definition) is 0. The SMILES string of the molecule is C[C@@H]1CC[C@@H](c2nc3cc(F)ccc3o2)CN1C=O. The second-order valence-electron chi connectivity index (χ2n) is 5.09. The summed E-state index contributed by atoms with van der Waals surface area (Å²) in [5, 5.41) is 0. The molecular weight excluding hydrogens is 247 g/mol. The number of piperidine rings is 1. The number of halogens is 1. The molecule has 5 heteroatoms. The lowest BCUT2D eigenvalue weighted by Gasteiger charge is -2.33. The van der Waals surface area contributed by atoms with Crippen LogP contribution in [0.4, 0.5) is 4.39 Å². The third kappa shape index (κ3) is 2.20. The molecule has 1 fully saturated rings. The highest BCUT2D eigenvalue weighted by Crippen LogP contribution is 2.30. The summed E-state index contributed by atoms with van der Waals surface area (Å²) in [6, 6.07) is 4.57. The van der Waals surface area contributed by atoms with Crippen molar-refractivity contribution in [3.63, 3.8) is 0 Å². The van der Waals surface area contributed by atoms with Crippen molar-refractivity contribution in [1.82, 2.24) is 9.88 Å². The molecule has 2 atom stereocenters. The maximum absolute atomic E-state index is 13.1. The van der Waals surface area contributed by atoms with Crippen LogP contribution in [0, 0.1) is 5.82 Å². The molecule has 1 aliphatic rings. The summed E-state index contributed by atoms with van der Waals surface area (Å²) in [6.07, 6.45) is 2.73. The fourth-order valence-electron chi connectivity index (χ4n) is 2.58. The Morgan fingerprint density at radius 1 is 1.47 bits per heavy atom. The molecule has 2 aromatic rings. The van der Waals surface area contributed by atoms with E-state index in [0.717, 1.165) is 19.3 Å². The van der Waals surface area contributed by atoms with Gasteiger partial charge in [0.05, 0.1) is 5.92 Å². The minimum Gasteiger partial charge on any atom is -0.440 e. The third-order valence-corrected chi connectivity index (χ3v) is 3.78. The van der Waals surface area contributed by atoms with Crippen molar-refractivity contribution >= 4 is 17.5 Å². The van der Waals surface area contributed by atoms with E-state index in [1.54, 1.807) is 11.0 Å². The number of aromatic nitrogens is 1. The van der Waals surface area contributed by atoms with E-state index in [0.29, 0.717) is 23.5 Å². The van der Waals surface area contributed by atoms with Crippen LogP contribution < -0.4 is 0 Å². The number of likely N-dealkylation sites (tertiary alicyclic amines) is 1. The van der Waals surface area contributed by atoms with Gasteiger partial charge in [0.15, 0.2) is 11.5 Å². The predicted molar refractivity (Wildman–Crippen MR) is 68.2 cm³/mol. The monoisotopic (exact) mass is 262 g/mol. The van der Waals surface area contributed by atoms with Gasteiger partial charge in [-0.2, -0.15) is 0 Å². The number of oxazole rings is 1. The summed E-state index contributed by atoms with van der Waals surface area (Å²) >= 11 is 0. The smallest absolute Gasteiger partial charge is 0.209 e. The molecule has 1 amide bonds. The van der Waals surface area contributed by atoms with E-state index in [-0.39, 0.29) is 17.8 Å². The molecule has 3 rings (SSSR count). The maximum Gasteiger partial charge on any atom is 0.209 e. The summed E-state index contributed by atoms with van der Waals surface area (Å²) in [5.74, 6) is 0.371. The Morgan fingerprint density at radius 3 is 3.11 bits per heavy atom. The highest BCUT2D eigenvalue weighted by Gasteiger charge is 2.28. The number of carbonyl (C=O) groups excluding carboxylic acids is 1. The molecule has 0 bridgehead atoms. The van der Waals surface area contributed by atoms with E-state index in [1.165, 1.54) is 12.1 Å². The first-order chi connectivity index (χ1) is 9.17. The topological polar surface area (TPSA) is 46.3 Å². The van der Waals surface area contributed by atoms with E-state index in [2.05, 4.69) is 4.98 Å². The maximum atomic E-state index is 13.1. The molecule has 2 heterocycles. The second kappa shape index (κ2) is 4.64. The zero-order valence-electron chi connectivity index (χ0n) is 10.7. The minimum absolute atomic E-state index is 0.0943. The summed E-state index contributed by atoms with van der Waals surface area (Å²) in [4.78, 5) is 17.1. The van der Waals surface area contributed by atoms with Crippen LogP contribution >= 0.6 is 0 Å². The van der Waals surface area contributed by atoms with Crippen LogP contribution in [0.15, 0.2) is 22.6 Å². The highest BCUT2D eigenvalue weighted by atomic mass is 19.1. The molecule has 19 heavy (non-hydrogen) atoms. The van der Waals surface area contributed by atoms with Crippen molar-refractivity contribution < 1.29 is 13.6 Å². The first kappa shape index (κ1) is 12.1. The van der Waals surface area contributed by atoms with Crippen LogP contribution in [0.25, 0.3) is 11.1 Å². The Bertz CT molecular complexity index is 611. The van der Waals surface area contributed by atoms with E-state index < -0.39 is 0 Å². The predicted octanol–water partition coefficient (Wildman–Crippen LogP) is 2.69. The van der Waals surface area contributed by atoms with Gasteiger partial charge in [-0.05, 0) is 31.9 Å². The molecule has 1 aromatic heterocycles. The van der Waals surface area contributed by atoms with Crippen molar-refractivity contribution in [2.24, 2.45) is 0 Å². The van der Waals surface area contributed by atoms with Gasteiger partial charge in [-0.3, -0.25) is 4.79 Å². The molecule has 4 nitrogen and oxygen atoms in total. The van der Waals surface area contributed by atoms with Gasteiger partial charge >= 0.3 is 0 Å². The van der Waals surface area contributed by atoms with E-state index in [9.17, 15) is 9.18 Å². The van der Waals surface area contributed by atoms with Crippen molar-refractivity contribution in [3.05, 3.63) is 29.9 Å². The number of hydrogen-bond acceptors (Lipinski definition) is 3. The first-order valence-electron chi connectivity index (χ1n) is 6.44. The number of nitrogens with zero attached hydrogens (tertiary/aromatic N) is 2. The molecule has 0 N–H and O–H groups in total. The lowest BCUT2D eigenvalue weighted by molar-refractivity contribution is -0.121. The van der Waals surface area contributed by atoms with Crippen LogP contribution in [-0.2, 0) is 4.79 Å². The molecule has 0 unspecified atom stereocenters. The first-order valence-corrected chi connectivity index (χ1v) is 6.44. The zero-order valence-corrected chi connectivity index (χ0v) is 10.7. The lowest BCUT2D eigenvalue weighted by Crippen LogP contribution is -2.39. The Labute approximate surface area is 110 Å². The second-order valence-corrected chi connectivity index (χ2v) is 5.09. The number of carbonyl (C=O) groups is 1. The summed E-state index contributed by atoms with van der Waals surface area (Å²) in [5.41, 5.74) is 1.12. The molecule has 0 radical (unpaired) electrons. The Hall–Kier alpha value is -1.91. The van der Waals surface area contributed by atoms with E-state index >= 15 is 0 Å². The Kier molecular flexibility index (Phi) is 2.97. The molecule has 1 aliphatic heterocycles. The molecule has 1 aromatic carbocycles. The van der Waals surface area contributed by atoms with Crippen molar-refractivity contribution in [1.29, 1.82) is 0 Å². The number of fused-ring (bicyclic) bond motifs is 1. The number of rotatable bonds is 2. The van der Waals surface area contributed by atoms with Crippen LogP contribution in [0.5, 0.6) is 0 Å². The molecule has 100 valence electrons. The normalized spacial score (nSPS) is 23.8. The van der Waals surface area contributed by atoms with Crippen molar-refractivity contribution in [3.8, 4) is 0 Å².